The SMILES string of the molecule is CCCCCCCCCCCCCSSCCOC(=O)CCC(C)(C)C. The first-order valence-corrected chi connectivity index (χ1v) is 13.3. The van der Waals surface area contributed by atoms with Crippen LogP contribution < -0.4 is 0 Å². The summed E-state index contributed by atoms with van der Waals surface area (Å²) < 4.78 is 5.28. The highest BCUT2D eigenvalue weighted by atomic mass is 33.1. The predicted octanol–water partition coefficient (Wildman–Crippen LogP) is 8.05. The molecule has 0 saturated carbocycles. The van der Waals surface area contributed by atoms with Crippen molar-refractivity contribution in [2.24, 2.45) is 5.41 Å². The molecule has 0 saturated heterocycles. The Kier molecular flexibility index (Phi) is 18.7. The van der Waals surface area contributed by atoms with Crippen LogP contribution in [0.2, 0.25) is 0 Å². The van der Waals surface area contributed by atoms with E-state index in [1.54, 1.807) is 0 Å². The van der Waals surface area contributed by atoms with Crippen LogP contribution in [0.3, 0.4) is 0 Å². The van der Waals surface area contributed by atoms with Crippen molar-refractivity contribution in [3.05, 3.63) is 0 Å². The fourth-order valence-corrected chi connectivity index (χ4v) is 4.66. The van der Waals surface area contributed by atoms with Crippen LogP contribution in [0.15, 0.2) is 0 Å². The van der Waals surface area contributed by atoms with Gasteiger partial charge < -0.3 is 4.74 Å². The fourth-order valence-electron chi connectivity index (χ4n) is 2.68. The molecule has 0 unspecified atom stereocenters. The maximum Gasteiger partial charge on any atom is 0.305 e. The van der Waals surface area contributed by atoms with Gasteiger partial charge in [-0.05, 0) is 18.3 Å². The van der Waals surface area contributed by atoms with E-state index in [-0.39, 0.29) is 11.4 Å². The molecule has 0 aliphatic rings. The van der Waals surface area contributed by atoms with Gasteiger partial charge in [0.25, 0.3) is 0 Å². The Balaban J connectivity index is 3.14. The summed E-state index contributed by atoms with van der Waals surface area (Å²) in [4.78, 5) is 11.6. The van der Waals surface area contributed by atoms with Gasteiger partial charge in [-0.2, -0.15) is 0 Å². The van der Waals surface area contributed by atoms with Crippen molar-refractivity contribution in [2.75, 3.05) is 18.1 Å². The van der Waals surface area contributed by atoms with Crippen molar-refractivity contribution in [1.82, 2.24) is 0 Å². The first-order valence-electron chi connectivity index (χ1n) is 10.9. The first-order chi connectivity index (χ1) is 12.5. The van der Waals surface area contributed by atoms with Crippen LogP contribution >= 0.6 is 21.6 Å². The molecule has 0 amide bonds. The van der Waals surface area contributed by atoms with Crippen molar-refractivity contribution in [2.45, 2.75) is 111 Å². The average molecular weight is 405 g/mol. The third kappa shape index (κ3) is 22.2. The van der Waals surface area contributed by atoms with E-state index >= 15 is 0 Å². The maximum absolute atomic E-state index is 11.6. The van der Waals surface area contributed by atoms with Crippen LogP contribution in [-0.2, 0) is 9.53 Å². The molecular weight excluding hydrogens is 360 g/mol. The van der Waals surface area contributed by atoms with Crippen molar-refractivity contribution in [1.29, 1.82) is 0 Å². The molecule has 0 bridgehead atoms. The zero-order chi connectivity index (χ0) is 19.5. The second-order valence-corrected chi connectivity index (χ2v) is 11.2. The number of hydrogen-bond donors (Lipinski definition) is 0. The van der Waals surface area contributed by atoms with Crippen LogP contribution in [0, 0.1) is 5.41 Å². The molecule has 0 spiro atoms. The van der Waals surface area contributed by atoms with Crippen LogP contribution in [0.1, 0.15) is 111 Å². The minimum atomic E-state index is -0.0455. The molecule has 0 aromatic heterocycles. The Hall–Kier alpha value is 0.170. The zero-order valence-electron chi connectivity index (χ0n) is 17.9. The highest BCUT2D eigenvalue weighted by molar-refractivity contribution is 8.76. The van der Waals surface area contributed by atoms with Crippen LogP contribution in [0.25, 0.3) is 0 Å². The Morgan fingerprint density at radius 2 is 1.27 bits per heavy atom. The third-order valence-electron chi connectivity index (χ3n) is 4.42. The van der Waals surface area contributed by atoms with Gasteiger partial charge in [0, 0.05) is 17.9 Å². The normalized spacial score (nSPS) is 11.7. The van der Waals surface area contributed by atoms with Crippen molar-refractivity contribution in [3.8, 4) is 0 Å². The summed E-state index contributed by atoms with van der Waals surface area (Å²) in [7, 11) is 3.77. The summed E-state index contributed by atoms with van der Waals surface area (Å²) in [5, 5.41) is 0. The van der Waals surface area contributed by atoms with Gasteiger partial charge >= 0.3 is 5.97 Å². The Bertz CT molecular complexity index is 314. The van der Waals surface area contributed by atoms with Crippen molar-refractivity contribution in [3.63, 3.8) is 0 Å². The van der Waals surface area contributed by atoms with Gasteiger partial charge in [-0.15, -0.1) is 0 Å². The molecule has 2 nitrogen and oxygen atoms in total. The summed E-state index contributed by atoms with van der Waals surface area (Å²) in [6, 6.07) is 0. The lowest BCUT2D eigenvalue weighted by molar-refractivity contribution is -0.143. The lowest BCUT2D eigenvalue weighted by Crippen LogP contribution is -2.12. The maximum atomic E-state index is 11.6. The van der Waals surface area contributed by atoms with Gasteiger partial charge in [-0.1, -0.05) is 113 Å². The number of rotatable bonds is 18. The monoisotopic (exact) mass is 404 g/mol. The van der Waals surface area contributed by atoms with Gasteiger partial charge in [-0.25, -0.2) is 0 Å². The molecular formula is C22H44O2S2. The topological polar surface area (TPSA) is 26.3 Å². The quantitative estimate of drug-likeness (QED) is 0.131. The standard InChI is InChI=1S/C22H44O2S2/c1-5-6-7-8-9-10-11-12-13-14-15-19-25-26-20-18-24-21(23)16-17-22(2,3)4/h5-20H2,1-4H3. The molecule has 0 atom stereocenters. The van der Waals surface area contributed by atoms with E-state index in [4.69, 9.17) is 4.74 Å². The van der Waals surface area contributed by atoms with Crippen molar-refractivity contribution < 1.29 is 9.53 Å². The molecule has 156 valence electrons. The molecule has 0 aromatic rings. The highest BCUT2D eigenvalue weighted by Crippen LogP contribution is 2.23. The second kappa shape index (κ2) is 18.5. The Morgan fingerprint density at radius 3 is 1.81 bits per heavy atom. The Morgan fingerprint density at radius 1 is 0.769 bits per heavy atom. The lowest BCUT2D eigenvalue weighted by atomic mass is 9.91. The largest absolute Gasteiger partial charge is 0.465 e. The third-order valence-corrected chi connectivity index (χ3v) is 6.88. The van der Waals surface area contributed by atoms with E-state index in [0.717, 1.165) is 12.2 Å². The molecule has 0 aliphatic heterocycles. The minimum absolute atomic E-state index is 0.0455. The molecule has 0 radical (unpaired) electrons. The van der Waals surface area contributed by atoms with E-state index in [2.05, 4.69) is 27.7 Å². The molecule has 0 fully saturated rings. The van der Waals surface area contributed by atoms with E-state index in [9.17, 15) is 4.79 Å². The minimum Gasteiger partial charge on any atom is -0.465 e. The number of esters is 1. The number of ether oxygens (including phenoxy) is 1. The number of carbonyl (C=O) groups excluding carboxylic acids is 1. The molecule has 4 heteroatoms. The smallest absolute Gasteiger partial charge is 0.305 e. The van der Waals surface area contributed by atoms with Crippen molar-refractivity contribution >= 4 is 27.6 Å². The average Bonchev–Trinajstić information content (AvgIpc) is 2.59. The predicted molar refractivity (Wildman–Crippen MR) is 121 cm³/mol. The fraction of sp³-hybridized carbons (Fsp3) is 0.955. The van der Waals surface area contributed by atoms with Gasteiger partial charge in [-0.3, -0.25) is 4.79 Å². The summed E-state index contributed by atoms with van der Waals surface area (Å²) in [6.45, 7) is 9.30. The van der Waals surface area contributed by atoms with Crippen LogP contribution in [-0.4, -0.2) is 24.1 Å². The van der Waals surface area contributed by atoms with Gasteiger partial charge in [0.1, 0.15) is 6.61 Å². The Labute approximate surface area is 171 Å². The van der Waals surface area contributed by atoms with E-state index in [1.807, 2.05) is 21.6 Å². The summed E-state index contributed by atoms with van der Waals surface area (Å²) in [6.07, 6.45) is 16.9. The molecule has 0 heterocycles. The van der Waals surface area contributed by atoms with Gasteiger partial charge in [0.15, 0.2) is 0 Å². The molecule has 0 aliphatic carbocycles. The summed E-state index contributed by atoms with van der Waals surface area (Å²) >= 11 is 0. The molecule has 0 N–H and O–H groups in total. The number of hydrogen-bond acceptors (Lipinski definition) is 4. The zero-order valence-corrected chi connectivity index (χ0v) is 19.6. The molecule has 0 aromatic carbocycles. The second-order valence-electron chi connectivity index (χ2n) is 8.46. The lowest BCUT2D eigenvalue weighted by Gasteiger charge is -2.16. The summed E-state index contributed by atoms with van der Waals surface area (Å²) in [5.74, 6) is 2.08. The number of unbranched alkanes of at least 4 members (excludes halogenated alkanes) is 10. The number of carbonyl (C=O) groups is 1. The van der Waals surface area contributed by atoms with Gasteiger partial charge in [0.2, 0.25) is 0 Å². The van der Waals surface area contributed by atoms with E-state index in [1.165, 1.54) is 76.4 Å². The molecule has 0 rings (SSSR count). The van der Waals surface area contributed by atoms with Crippen LogP contribution in [0.4, 0.5) is 0 Å². The van der Waals surface area contributed by atoms with E-state index in [0.29, 0.717) is 13.0 Å². The highest BCUT2D eigenvalue weighted by Gasteiger charge is 2.13. The molecule has 26 heavy (non-hydrogen) atoms. The van der Waals surface area contributed by atoms with E-state index < -0.39 is 0 Å². The summed E-state index contributed by atoms with van der Waals surface area (Å²) in [5.41, 5.74) is 0.207. The van der Waals surface area contributed by atoms with Crippen LogP contribution in [0.5, 0.6) is 0 Å². The van der Waals surface area contributed by atoms with Gasteiger partial charge in [0.05, 0.1) is 0 Å². The first kappa shape index (κ1) is 26.2.